The largest absolute Gasteiger partial charge is 0.469 e. The SMILES string of the molecule is CC(Cc1ccco1)Nc1ccc(C(N)=O)c(Cl)c1. The van der Waals surface area contributed by atoms with Crippen molar-refractivity contribution in [3.63, 3.8) is 0 Å². The van der Waals surface area contributed by atoms with Crippen LogP contribution in [0, 0.1) is 0 Å². The third-order valence-electron chi connectivity index (χ3n) is 2.74. The summed E-state index contributed by atoms with van der Waals surface area (Å²) >= 11 is 5.99. The third kappa shape index (κ3) is 3.51. The lowest BCUT2D eigenvalue weighted by atomic mass is 10.1. The fraction of sp³-hybridized carbons (Fsp3) is 0.214. The van der Waals surface area contributed by atoms with Gasteiger partial charge in [0.25, 0.3) is 0 Å². The van der Waals surface area contributed by atoms with E-state index in [1.165, 1.54) is 0 Å². The van der Waals surface area contributed by atoms with E-state index >= 15 is 0 Å². The minimum atomic E-state index is -0.528. The minimum absolute atomic E-state index is 0.182. The normalized spacial score (nSPS) is 12.1. The lowest BCUT2D eigenvalue weighted by Crippen LogP contribution is -2.18. The van der Waals surface area contributed by atoms with Crippen LogP contribution in [0.2, 0.25) is 5.02 Å². The van der Waals surface area contributed by atoms with Crippen molar-refractivity contribution in [1.29, 1.82) is 0 Å². The van der Waals surface area contributed by atoms with Gasteiger partial charge in [-0.2, -0.15) is 0 Å². The maximum atomic E-state index is 11.1. The molecule has 0 bridgehead atoms. The number of nitrogens with two attached hydrogens (primary N) is 1. The molecule has 1 atom stereocenters. The molecule has 0 saturated heterocycles. The number of furan rings is 1. The first-order chi connectivity index (χ1) is 9.06. The summed E-state index contributed by atoms with van der Waals surface area (Å²) in [6.07, 6.45) is 2.42. The van der Waals surface area contributed by atoms with Gasteiger partial charge in [0.1, 0.15) is 5.76 Å². The third-order valence-corrected chi connectivity index (χ3v) is 3.05. The molecule has 1 aromatic heterocycles. The van der Waals surface area contributed by atoms with E-state index in [0.717, 1.165) is 17.9 Å². The zero-order valence-electron chi connectivity index (χ0n) is 10.5. The van der Waals surface area contributed by atoms with Gasteiger partial charge < -0.3 is 15.5 Å². The minimum Gasteiger partial charge on any atom is -0.469 e. The second kappa shape index (κ2) is 5.80. The average molecular weight is 279 g/mol. The molecule has 1 heterocycles. The molecule has 3 N–H and O–H groups in total. The molecular weight excluding hydrogens is 264 g/mol. The molecule has 5 heteroatoms. The fourth-order valence-electron chi connectivity index (χ4n) is 1.87. The molecule has 1 amide bonds. The molecule has 0 spiro atoms. The van der Waals surface area contributed by atoms with Crippen LogP contribution in [0.4, 0.5) is 5.69 Å². The van der Waals surface area contributed by atoms with E-state index in [4.69, 9.17) is 21.8 Å². The molecule has 0 radical (unpaired) electrons. The summed E-state index contributed by atoms with van der Waals surface area (Å²) in [5, 5.41) is 3.64. The van der Waals surface area contributed by atoms with E-state index in [1.807, 2.05) is 19.1 Å². The van der Waals surface area contributed by atoms with Gasteiger partial charge in [0, 0.05) is 18.2 Å². The van der Waals surface area contributed by atoms with Gasteiger partial charge in [-0.15, -0.1) is 0 Å². The van der Waals surface area contributed by atoms with Crippen LogP contribution in [0.15, 0.2) is 41.0 Å². The Hall–Kier alpha value is -1.94. The molecule has 1 aromatic carbocycles. The number of rotatable bonds is 5. The van der Waals surface area contributed by atoms with Gasteiger partial charge >= 0.3 is 0 Å². The van der Waals surface area contributed by atoms with Crippen LogP contribution in [-0.2, 0) is 6.42 Å². The van der Waals surface area contributed by atoms with Gasteiger partial charge in [0.2, 0.25) is 5.91 Å². The summed E-state index contributed by atoms with van der Waals surface area (Å²) in [7, 11) is 0. The smallest absolute Gasteiger partial charge is 0.250 e. The molecular formula is C14H15ClN2O2. The van der Waals surface area contributed by atoms with E-state index in [1.54, 1.807) is 24.5 Å². The zero-order chi connectivity index (χ0) is 13.8. The predicted octanol–water partition coefficient (Wildman–Crippen LogP) is 3.08. The summed E-state index contributed by atoms with van der Waals surface area (Å²) in [5.74, 6) is 0.389. The van der Waals surface area contributed by atoms with E-state index in [9.17, 15) is 4.79 Å². The van der Waals surface area contributed by atoms with Crippen molar-refractivity contribution in [2.24, 2.45) is 5.73 Å². The summed E-state index contributed by atoms with van der Waals surface area (Å²) in [5.41, 5.74) is 6.37. The van der Waals surface area contributed by atoms with Crippen molar-refractivity contribution >= 4 is 23.2 Å². The highest BCUT2D eigenvalue weighted by atomic mass is 35.5. The van der Waals surface area contributed by atoms with E-state index in [0.29, 0.717) is 10.6 Å². The first-order valence-corrected chi connectivity index (χ1v) is 6.32. The van der Waals surface area contributed by atoms with Crippen LogP contribution in [-0.4, -0.2) is 11.9 Å². The Balaban J connectivity index is 2.03. The fourth-order valence-corrected chi connectivity index (χ4v) is 2.14. The maximum absolute atomic E-state index is 11.1. The summed E-state index contributed by atoms with van der Waals surface area (Å²) in [6, 6.07) is 9.07. The molecule has 0 aliphatic heterocycles. The monoisotopic (exact) mass is 278 g/mol. The highest BCUT2D eigenvalue weighted by molar-refractivity contribution is 6.34. The Morgan fingerprint density at radius 2 is 2.26 bits per heavy atom. The highest BCUT2D eigenvalue weighted by Crippen LogP contribution is 2.21. The number of hydrogen-bond donors (Lipinski definition) is 2. The van der Waals surface area contributed by atoms with Crippen LogP contribution >= 0.6 is 11.6 Å². The molecule has 2 rings (SSSR count). The molecule has 0 fully saturated rings. The lowest BCUT2D eigenvalue weighted by Gasteiger charge is -2.14. The molecule has 0 aliphatic rings. The molecule has 100 valence electrons. The van der Waals surface area contributed by atoms with Gasteiger partial charge in [-0.05, 0) is 37.3 Å². The van der Waals surface area contributed by atoms with E-state index in [-0.39, 0.29) is 6.04 Å². The van der Waals surface area contributed by atoms with Crippen LogP contribution in [0.3, 0.4) is 0 Å². The van der Waals surface area contributed by atoms with Crippen molar-refractivity contribution in [3.05, 3.63) is 52.9 Å². The number of benzene rings is 1. The Morgan fingerprint density at radius 1 is 1.47 bits per heavy atom. The molecule has 19 heavy (non-hydrogen) atoms. The number of hydrogen-bond acceptors (Lipinski definition) is 3. The number of carbonyl (C=O) groups is 1. The van der Waals surface area contributed by atoms with Gasteiger partial charge in [-0.3, -0.25) is 4.79 Å². The van der Waals surface area contributed by atoms with Gasteiger partial charge in [0.15, 0.2) is 0 Å². The maximum Gasteiger partial charge on any atom is 0.250 e. The highest BCUT2D eigenvalue weighted by Gasteiger charge is 2.09. The molecule has 2 aromatic rings. The van der Waals surface area contributed by atoms with Crippen LogP contribution in [0.5, 0.6) is 0 Å². The molecule has 4 nitrogen and oxygen atoms in total. The number of halogens is 1. The van der Waals surface area contributed by atoms with Gasteiger partial charge in [-0.25, -0.2) is 0 Å². The zero-order valence-corrected chi connectivity index (χ0v) is 11.3. The number of anilines is 1. The number of nitrogens with one attached hydrogen (secondary N) is 1. The predicted molar refractivity (Wildman–Crippen MR) is 75.5 cm³/mol. The van der Waals surface area contributed by atoms with Crippen LogP contribution in [0.1, 0.15) is 23.0 Å². The lowest BCUT2D eigenvalue weighted by molar-refractivity contribution is 0.100. The second-order valence-corrected chi connectivity index (χ2v) is 4.79. The molecule has 0 saturated carbocycles. The Labute approximate surface area is 116 Å². The van der Waals surface area contributed by atoms with Crippen LogP contribution < -0.4 is 11.1 Å². The van der Waals surface area contributed by atoms with Gasteiger partial charge in [0.05, 0.1) is 16.8 Å². The number of amides is 1. The quantitative estimate of drug-likeness (QED) is 0.883. The summed E-state index contributed by atoms with van der Waals surface area (Å²) in [6.45, 7) is 2.04. The average Bonchev–Trinajstić information content (AvgIpc) is 2.81. The van der Waals surface area contributed by atoms with Crippen molar-refractivity contribution in [2.75, 3.05) is 5.32 Å². The standard InChI is InChI=1S/C14H15ClN2O2/c1-9(7-11-3-2-6-19-11)17-10-4-5-12(14(16)18)13(15)8-10/h2-6,8-9,17H,7H2,1H3,(H2,16,18). The Kier molecular flexibility index (Phi) is 4.12. The van der Waals surface area contributed by atoms with Crippen LogP contribution in [0.25, 0.3) is 0 Å². The Morgan fingerprint density at radius 3 is 2.84 bits per heavy atom. The van der Waals surface area contributed by atoms with E-state index in [2.05, 4.69) is 5.32 Å². The van der Waals surface area contributed by atoms with Crippen molar-refractivity contribution < 1.29 is 9.21 Å². The van der Waals surface area contributed by atoms with Crippen molar-refractivity contribution in [1.82, 2.24) is 0 Å². The van der Waals surface area contributed by atoms with Crippen molar-refractivity contribution in [3.8, 4) is 0 Å². The topological polar surface area (TPSA) is 68.3 Å². The summed E-state index contributed by atoms with van der Waals surface area (Å²) in [4.78, 5) is 11.1. The van der Waals surface area contributed by atoms with E-state index < -0.39 is 5.91 Å². The molecule has 1 unspecified atom stereocenters. The number of carbonyl (C=O) groups excluding carboxylic acids is 1. The molecule has 0 aliphatic carbocycles. The first-order valence-electron chi connectivity index (χ1n) is 5.94. The van der Waals surface area contributed by atoms with Gasteiger partial charge in [-0.1, -0.05) is 11.6 Å². The number of primary amides is 1. The van der Waals surface area contributed by atoms with Crippen molar-refractivity contribution in [2.45, 2.75) is 19.4 Å². The first kappa shape index (κ1) is 13.5. The second-order valence-electron chi connectivity index (χ2n) is 4.39. The Bertz CT molecular complexity index is 567. The summed E-state index contributed by atoms with van der Waals surface area (Å²) < 4.78 is 5.29.